The minimum atomic E-state index is -1.05. The highest BCUT2D eigenvalue weighted by Gasteiger charge is 2.21. The monoisotopic (exact) mass is 347 g/mol. The Morgan fingerprint density at radius 2 is 1.58 bits per heavy atom. The van der Waals surface area contributed by atoms with Crippen LogP contribution in [0.25, 0.3) is 10.8 Å². The van der Waals surface area contributed by atoms with Crippen molar-refractivity contribution in [2.75, 3.05) is 0 Å². The van der Waals surface area contributed by atoms with E-state index in [2.05, 4.69) is 5.32 Å². The minimum absolute atomic E-state index is 0.233. The van der Waals surface area contributed by atoms with E-state index in [1.54, 1.807) is 12.1 Å². The van der Waals surface area contributed by atoms with Crippen molar-refractivity contribution in [2.45, 2.75) is 26.3 Å². The van der Waals surface area contributed by atoms with Crippen molar-refractivity contribution in [3.63, 3.8) is 0 Å². The van der Waals surface area contributed by atoms with Gasteiger partial charge >= 0.3 is 5.97 Å². The smallest absolute Gasteiger partial charge is 0.326 e. The molecule has 3 aromatic carbocycles. The number of carboxylic acids is 1. The van der Waals surface area contributed by atoms with E-state index in [0.717, 1.165) is 27.5 Å². The number of amides is 1. The molecule has 0 spiro atoms. The molecule has 0 aromatic heterocycles. The average Bonchev–Trinajstić information content (AvgIpc) is 2.60. The summed E-state index contributed by atoms with van der Waals surface area (Å²) in [5.41, 5.74) is 3.29. The quantitative estimate of drug-likeness (QED) is 0.736. The lowest BCUT2D eigenvalue weighted by atomic mass is 10.0. The Morgan fingerprint density at radius 3 is 2.23 bits per heavy atom. The normalized spacial score (nSPS) is 11.9. The second kappa shape index (κ2) is 7.40. The van der Waals surface area contributed by atoms with Gasteiger partial charge in [-0.15, -0.1) is 0 Å². The second-order valence-electron chi connectivity index (χ2n) is 6.63. The third-order valence-electron chi connectivity index (χ3n) is 4.34. The Kier molecular flexibility index (Phi) is 5.03. The highest BCUT2D eigenvalue weighted by atomic mass is 16.4. The first-order valence-corrected chi connectivity index (χ1v) is 8.52. The summed E-state index contributed by atoms with van der Waals surface area (Å²) in [6.07, 6.45) is 0.233. The topological polar surface area (TPSA) is 66.4 Å². The van der Waals surface area contributed by atoms with Crippen molar-refractivity contribution >= 4 is 22.6 Å². The van der Waals surface area contributed by atoms with Gasteiger partial charge in [-0.1, -0.05) is 59.7 Å². The molecule has 0 saturated heterocycles. The van der Waals surface area contributed by atoms with Gasteiger partial charge in [0.25, 0.3) is 5.91 Å². The van der Waals surface area contributed by atoms with E-state index >= 15 is 0 Å². The lowest BCUT2D eigenvalue weighted by Crippen LogP contribution is -2.42. The van der Waals surface area contributed by atoms with Crippen molar-refractivity contribution in [2.24, 2.45) is 0 Å². The number of carbonyl (C=O) groups is 2. The van der Waals surface area contributed by atoms with Gasteiger partial charge in [0.2, 0.25) is 0 Å². The maximum absolute atomic E-state index is 12.5. The van der Waals surface area contributed by atoms with Crippen LogP contribution >= 0.6 is 0 Å². The molecule has 4 heteroatoms. The molecule has 1 amide bonds. The zero-order chi connectivity index (χ0) is 18.7. The molecular formula is C22H21NO3. The van der Waals surface area contributed by atoms with Gasteiger partial charge in [-0.25, -0.2) is 4.79 Å². The lowest BCUT2D eigenvalue weighted by molar-refractivity contribution is -0.139. The first kappa shape index (κ1) is 17.7. The number of fused-ring (bicyclic) bond motifs is 1. The summed E-state index contributed by atoms with van der Waals surface area (Å²) in [4.78, 5) is 24.1. The number of carbonyl (C=O) groups excluding carboxylic acids is 1. The van der Waals surface area contributed by atoms with Gasteiger partial charge in [-0.3, -0.25) is 4.79 Å². The molecule has 0 fully saturated rings. The van der Waals surface area contributed by atoms with Crippen molar-refractivity contribution in [3.05, 3.63) is 82.9 Å². The molecule has 26 heavy (non-hydrogen) atoms. The predicted molar refractivity (Wildman–Crippen MR) is 102 cm³/mol. The summed E-state index contributed by atoms with van der Waals surface area (Å²) >= 11 is 0. The molecule has 3 aromatic rings. The largest absolute Gasteiger partial charge is 0.480 e. The van der Waals surface area contributed by atoms with E-state index < -0.39 is 12.0 Å². The molecule has 0 bridgehead atoms. The van der Waals surface area contributed by atoms with Crippen LogP contribution in [0.2, 0.25) is 0 Å². The molecule has 4 nitrogen and oxygen atoms in total. The van der Waals surface area contributed by atoms with E-state index in [9.17, 15) is 14.7 Å². The molecule has 0 saturated carbocycles. The standard InChI is InChI=1S/C22H21NO3/c1-14-9-15(2)11-19(10-14)21(24)23-20(22(25)26)13-16-7-8-17-5-3-4-6-18(17)12-16/h3-12,20H,13H2,1-2H3,(H,23,24)(H,25,26)/t20-/m1/s1. The fraction of sp³-hybridized carbons (Fsp3) is 0.182. The summed E-state index contributed by atoms with van der Waals surface area (Å²) in [7, 11) is 0. The number of aryl methyl sites for hydroxylation is 2. The average molecular weight is 347 g/mol. The minimum Gasteiger partial charge on any atom is -0.480 e. The number of hydrogen-bond acceptors (Lipinski definition) is 2. The highest BCUT2D eigenvalue weighted by Crippen LogP contribution is 2.17. The van der Waals surface area contributed by atoms with Crippen LogP contribution in [-0.2, 0) is 11.2 Å². The van der Waals surface area contributed by atoms with Crippen LogP contribution in [0.15, 0.2) is 60.7 Å². The number of nitrogens with one attached hydrogen (secondary N) is 1. The molecule has 2 N–H and O–H groups in total. The summed E-state index contributed by atoms with van der Waals surface area (Å²) in [6.45, 7) is 3.82. The third-order valence-corrected chi connectivity index (χ3v) is 4.34. The van der Waals surface area contributed by atoms with Crippen molar-refractivity contribution in [3.8, 4) is 0 Å². The van der Waals surface area contributed by atoms with Crippen molar-refractivity contribution < 1.29 is 14.7 Å². The third kappa shape index (κ3) is 4.09. The Bertz CT molecular complexity index is 958. The molecular weight excluding hydrogens is 326 g/mol. The van der Waals surface area contributed by atoms with E-state index in [1.807, 2.05) is 62.4 Å². The zero-order valence-electron chi connectivity index (χ0n) is 14.8. The van der Waals surface area contributed by atoms with E-state index in [1.165, 1.54) is 0 Å². The molecule has 0 unspecified atom stereocenters. The van der Waals surface area contributed by atoms with Crippen LogP contribution < -0.4 is 5.32 Å². The number of benzene rings is 3. The van der Waals surface area contributed by atoms with Gasteiger partial charge in [0.15, 0.2) is 0 Å². The molecule has 3 rings (SSSR count). The van der Waals surface area contributed by atoms with Crippen LogP contribution in [0.4, 0.5) is 0 Å². The van der Waals surface area contributed by atoms with Crippen molar-refractivity contribution in [1.29, 1.82) is 0 Å². The second-order valence-corrected chi connectivity index (χ2v) is 6.63. The van der Waals surface area contributed by atoms with Crippen molar-refractivity contribution in [1.82, 2.24) is 5.32 Å². The molecule has 0 heterocycles. The summed E-state index contributed by atoms with van der Waals surface area (Å²) in [5.74, 6) is -1.42. The first-order chi connectivity index (χ1) is 12.4. The summed E-state index contributed by atoms with van der Waals surface area (Å²) < 4.78 is 0. The van der Waals surface area contributed by atoms with Gasteiger partial charge in [-0.05, 0) is 42.3 Å². The van der Waals surface area contributed by atoms with Gasteiger partial charge in [0, 0.05) is 12.0 Å². The van der Waals surface area contributed by atoms with E-state index in [-0.39, 0.29) is 12.3 Å². The molecule has 1 atom stereocenters. The van der Waals surface area contributed by atoms with Crippen LogP contribution in [0.5, 0.6) is 0 Å². The first-order valence-electron chi connectivity index (χ1n) is 8.52. The SMILES string of the molecule is Cc1cc(C)cc(C(=O)N[C@H](Cc2ccc3ccccc3c2)C(=O)O)c1. The highest BCUT2D eigenvalue weighted by molar-refractivity contribution is 5.97. The maximum Gasteiger partial charge on any atom is 0.326 e. The predicted octanol–water partition coefficient (Wildman–Crippen LogP) is 3.88. The van der Waals surface area contributed by atoms with Gasteiger partial charge in [-0.2, -0.15) is 0 Å². The van der Waals surface area contributed by atoms with Gasteiger partial charge in [0.05, 0.1) is 0 Å². The Balaban J connectivity index is 1.80. The number of carboxylic acid groups (broad SMARTS) is 1. The molecule has 132 valence electrons. The molecule has 0 aliphatic rings. The Labute approximate surface area is 152 Å². The molecule has 0 radical (unpaired) electrons. The fourth-order valence-corrected chi connectivity index (χ4v) is 3.15. The zero-order valence-corrected chi connectivity index (χ0v) is 14.8. The Morgan fingerprint density at radius 1 is 0.923 bits per heavy atom. The Hall–Kier alpha value is -3.14. The summed E-state index contributed by atoms with van der Waals surface area (Å²) in [5, 5.41) is 14.3. The number of rotatable bonds is 5. The van der Waals surface area contributed by atoms with Crippen LogP contribution in [0, 0.1) is 13.8 Å². The van der Waals surface area contributed by atoms with E-state index in [0.29, 0.717) is 5.56 Å². The molecule has 0 aliphatic heterocycles. The number of aliphatic carboxylic acids is 1. The van der Waals surface area contributed by atoms with Crippen LogP contribution in [0.1, 0.15) is 27.0 Å². The van der Waals surface area contributed by atoms with Gasteiger partial charge in [0.1, 0.15) is 6.04 Å². The van der Waals surface area contributed by atoms with Gasteiger partial charge < -0.3 is 10.4 Å². The van der Waals surface area contributed by atoms with E-state index in [4.69, 9.17) is 0 Å². The maximum atomic E-state index is 12.5. The summed E-state index contributed by atoms with van der Waals surface area (Å²) in [6, 6.07) is 18.3. The lowest BCUT2D eigenvalue weighted by Gasteiger charge is -2.15. The van der Waals surface area contributed by atoms with Crippen LogP contribution in [-0.4, -0.2) is 23.0 Å². The molecule has 0 aliphatic carbocycles. The fourth-order valence-electron chi connectivity index (χ4n) is 3.15. The number of hydrogen-bond donors (Lipinski definition) is 2. The van der Waals surface area contributed by atoms with Crippen LogP contribution in [0.3, 0.4) is 0 Å².